The van der Waals surface area contributed by atoms with E-state index in [1.54, 1.807) is 20.3 Å². The molecule has 1 aliphatic rings. The number of carbonyl (C=O) groups is 1. The summed E-state index contributed by atoms with van der Waals surface area (Å²) in [6.07, 6.45) is 1.85. The molecule has 0 radical (unpaired) electrons. The first kappa shape index (κ1) is 17.2. The second-order valence-corrected chi connectivity index (χ2v) is 6.46. The van der Waals surface area contributed by atoms with Crippen molar-refractivity contribution in [1.29, 1.82) is 0 Å². The molecule has 1 aliphatic heterocycles. The maximum atomic E-state index is 12.7. The summed E-state index contributed by atoms with van der Waals surface area (Å²) in [5, 5.41) is 3.29. The Morgan fingerprint density at radius 1 is 1.13 bits per heavy atom. The highest BCUT2D eigenvalue weighted by molar-refractivity contribution is 6.17. The lowest BCUT2D eigenvalue weighted by Gasteiger charge is -2.22. The summed E-state index contributed by atoms with van der Waals surface area (Å²) in [5.41, 5.74) is 1.71. The standard InChI is InChI=1S/C18H25NO4/c1-18(2,3)23-17(20)16(13-7-6-10-19-13)12-8-9-14(21-4)15(11-12)22-5/h8-9,11,19H,6-7,10H2,1-5H3/b16-13-. The second kappa shape index (κ2) is 6.94. The van der Waals surface area contributed by atoms with E-state index in [9.17, 15) is 4.79 Å². The van der Waals surface area contributed by atoms with Crippen LogP contribution in [0.3, 0.4) is 0 Å². The van der Waals surface area contributed by atoms with Crippen LogP contribution >= 0.6 is 0 Å². The highest BCUT2D eigenvalue weighted by atomic mass is 16.6. The Balaban J connectivity index is 2.47. The first-order valence-electron chi connectivity index (χ1n) is 7.78. The lowest BCUT2D eigenvalue weighted by atomic mass is 10.0. The smallest absolute Gasteiger partial charge is 0.341 e. The average molecular weight is 319 g/mol. The van der Waals surface area contributed by atoms with Gasteiger partial charge in [0.05, 0.1) is 19.8 Å². The van der Waals surface area contributed by atoms with Gasteiger partial charge in [-0.15, -0.1) is 0 Å². The largest absolute Gasteiger partial charge is 0.493 e. The van der Waals surface area contributed by atoms with Crippen LogP contribution in [0.1, 0.15) is 39.2 Å². The van der Waals surface area contributed by atoms with Crippen molar-refractivity contribution in [2.45, 2.75) is 39.2 Å². The van der Waals surface area contributed by atoms with Crippen LogP contribution in [-0.2, 0) is 9.53 Å². The Bertz CT molecular complexity index is 606. The lowest BCUT2D eigenvalue weighted by Crippen LogP contribution is -2.26. The monoisotopic (exact) mass is 319 g/mol. The van der Waals surface area contributed by atoms with Gasteiger partial charge in [0, 0.05) is 12.2 Å². The van der Waals surface area contributed by atoms with Crippen molar-refractivity contribution in [3.8, 4) is 11.5 Å². The quantitative estimate of drug-likeness (QED) is 0.682. The van der Waals surface area contributed by atoms with Crippen LogP contribution < -0.4 is 14.8 Å². The van der Waals surface area contributed by atoms with Gasteiger partial charge in [0.1, 0.15) is 5.60 Å². The topological polar surface area (TPSA) is 56.8 Å². The molecular weight excluding hydrogens is 294 g/mol. The first-order chi connectivity index (χ1) is 10.9. The molecule has 0 atom stereocenters. The summed E-state index contributed by atoms with van der Waals surface area (Å²) in [5.74, 6) is 0.892. The minimum Gasteiger partial charge on any atom is -0.493 e. The predicted molar refractivity (Wildman–Crippen MR) is 89.5 cm³/mol. The fourth-order valence-electron chi connectivity index (χ4n) is 2.54. The molecule has 0 amide bonds. The van der Waals surface area contributed by atoms with Gasteiger partial charge >= 0.3 is 5.97 Å². The van der Waals surface area contributed by atoms with Crippen molar-refractivity contribution in [2.24, 2.45) is 0 Å². The Morgan fingerprint density at radius 3 is 2.35 bits per heavy atom. The molecule has 5 nitrogen and oxygen atoms in total. The third-order valence-corrected chi connectivity index (χ3v) is 3.52. The zero-order valence-corrected chi connectivity index (χ0v) is 14.5. The number of allylic oxidation sites excluding steroid dienone is 1. The zero-order chi connectivity index (χ0) is 17.0. The summed E-state index contributed by atoms with van der Waals surface area (Å²) in [6, 6.07) is 5.47. The van der Waals surface area contributed by atoms with Gasteiger partial charge in [0.15, 0.2) is 11.5 Å². The molecule has 1 aromatic carbocycles. The van der Waals surface area contributed by atoms with E-state index in [1.165, 1.54) is 0 Å². The van der Waals surface area contributed by atoms with Crippen LogP contribution in [0.2, 0.25) is 0 Å². The second-order valence-electron chi connectivity index (χ2n) is 6.46. The van der Waals surface area contributed by atoms with Gasteiger partial charge in [-0.2, -0.15) is 0 Å². The van der Waals surface area contributed by atoms with Gasteiger partial charge in [-0.1, -0.05) is 6.07 Å². The molecule has 5 heteroatoms. The van der Waals surface area contributed by atoms with Crippen LogP contribution in [-0.4, -0.2) is 32.3 Å². The molecular formula is C18H25NO4. The molecule has 0 saturated carbocycles. The van der Waals surface area contributed by atoms with Crippen LogP contribution in [0.5, 0.6) is 11.5 Å². The van der Waals surface area contributed by atoms with E-state index in [-0.39, 0.29) is 5.97 Å². The summed E-state index contributed by atoms with van der Waals surface area (Å²) in [6.45, 7) is 6.46. The molecule has 23 heavy (non-hydrogen) atoms. The normalized spacial score (nSPS) is 16.6. The van der Waals surface area contributed by atoms with Crippen molar-refractivity contribution in [2.75, 3.05) is 20.8 Å². The Morgan fingerprint density at radius 2 is 1.83 bits per heavy atom. The van der Waals surface area contributed by atoms with E-state index in [4.69, 9.17) is 14.2 Å². The van der Waals surface area contributed by atoms with Gasteiger partial charge in [0.25, 0.3) is 0 Å². The molecule has 126 valence electrons. The van der Waals surface area contributed by atoms with E-state index in [0.29, 0.717) is 17.1 Å². The van der Waals surface area contributed by atoms with Gasteiger partial charge in [-0.25, -0.2) is 4.79 Å². The summed E-state index contributed by atoms with van der Waals surface area (Å²) in [7, 11) is 3.17. The molecule has 0 spiro atoms. The highest BCUT2D eigenvalue weighted by Crippen LogP contribution is 2.33. The van der Waals surface area contributed by atoms with E-state index >= 15 is 0 Å². The predicted octanol–water partition coefficient (Wildman–Crippen LogP) is 3.14. The third kappa shape index (κ3) is 4.18. The SMILES string of the molecule is COc1ccc(/C(C(=O)OC(C)(C)C)=C2\CCCN2)cc1OC. The molecule has 1 N–H and O–H groups in total. The first-order valence-corrected chi connectivity index (χ1v) is 7.78. The number of carbonyl (C=O) groups excluding carboxylic acids is 1. The lowest BCUT2D eigenvalue weighted by molar-refractivity contribution is -0.147. The number of hydrogen-bond donors (Lipinski definition) is 1. The zero-order valence-electron chi connectivity index (χ0n) is 14.5. The summed E-state index contributed by atoms with van der Waals surface area (Å²) >= 11 is 0. The minimum atomic E-state index is -0.544. The number of hydrogen-bond acceptors (Lipinski definition) is 5. The van der Waals surface area contributed by atoms with Crippen LogP contribution in [0.25, 0.3) is 5.57 Å². The van der Waals surface area contributed by atoms with Gasteiger partial charge in [-0.3, -0.25) is 0 Å². The maximum absolute atomic E-state index is 12.7. The van der Waals surface area contributed by atoms with Crippen LogP contribution in [0.4, 0.5) is 0 Å². The van der Waals surface area contributed by atoms with Gasteiger partial charge < -0.3 is 19.5 Å². The van der Waals surface area contributed by atoms with Crippen molar-refractivity contribution < 1.29 is 19.0 Å². The molecule has 0 aliphatic carbocycles. The Labute approximate surface area is 137 Å². The van der Waals surface area contributed by atoms with E-state index in [0.717, 1.165) is 30.6 Å². The molecule has 1 fully saturated rings. The van der Waals surface area contributed by atoms with E-state index in [1.807, 2.05) is 32.9 Å². The summed E-state index contributed by atoms with van der Waals surface area (Å²) < 4.78 is 16.2. The molecule has 2 rings (SSSR count). The molecule has 1 heterocycles. The Kier molecular flexibility index (Phi) is 5.19. The van der Waals surface area contributed by atoms with Crippen LogP contribution in [0, 0.1) is 0 Å². The number of rotatable bonds is 4. The molecule has 0 aromatic heterocycles. The van der Waals surface area contributed by atoms with Crippen molar-refractivity contribution in [3.63, 3.8) is 0 Å². The molecule has 0 bridgehead atoms. The molecule has 1 aromatic rings. The summed E-state index contributed by atoms with van der Waals surface area (Å²) in [4.78, 5) is 12.7. The number of ether oxygens (including phenoxy) is 3. The molecule has 0 unspecified atom stereocenters. The number of benzene rings is 1. The van der Waals surface area contributed by atoms with E-state index in [2.05, 4.69) is 5.32 Å². The maximum Gasteiger partial charge on any atom is 0.341 e. The number of esters is 1. The fraction of sp³-hybridized carbons (Fsp3) is 0.500. The van der Waals surface area contributed by atoms with Gasteiger partial charge in [-0.05, 0) is 51.3 Å². The van der Waals surface area contributed by atoms with Crippen LogP contribution in [0.15, 0.2) is 23.9 Å². The number of methoxy groups -OCH3 is 2. The third-order valence-electron chi connectivity index (χ3n) is 3.52. The van der Waals surface area contributed by atoms with Gasteiger partial charge in [0.2, 0.25) is 0 Å². The average Bonchev–Trinajstić information content (AvgIpc) is 2.99. The highest BCUT2D eigenvalue weighted by Gasteiger charge is 2.26. The van der Waals surface area contributed by atoms with Crippen molar-refractivity contribution in [1.82, 2.24) is 5.32 Å². The van der Waals surface area contributed by atoms with Crippen molar-refractivity contribution >= 4 is 11.5 Å². The van der Waals surface area contributed by atoms with E-state index < -0.39 is 5.60 Å². The van der Waals surface area contributed by atoms with Crippen molar-refractivity contribution in [3.05, 3.63) is 29.5 Å². The Hall–Kier alpha value is -2.17. The minimum absolute atomic E-state index is 0.325. The fourth-order valence-corrected chi connectivity index (χ4v) is 2.54. The number of nitrogens with one attached hydrogen (secondary N) is 1. The molecule has 1 saturated heterocycles.